The van der Waals surface area contributed by atoms with Crippen molar-refractivity contribution in [2.24, 2.45) is 0 Å². The van der Waals surface area contributed by atoms with Crippen LogP contribution in [0.5, 0.6) is 0 Å². The van der Waals surface area contributed by atoms with E-state index in [-0.39, 0.29) is 5.91 Å². The minimum Gasteiger partial charge on any atom is -0.347 e. The van der Waals surface area contributed by atoms with E-state index in [1.54, 1.807) is 11.3 Å². The molecule has 1 aromatic rings. The fourth-order valence-corrected chi connectivity index (χ4v) is 2.71. The van der Waals surface area contributed by atoms with Crippen molar-refractivity contribution < 1.29 is 4.79 Å². The second-order valence-corrected chi connectivity index (χ2v) is 5.81. The molecule has 2 rings (SSSR count). The minimum atomic E-state index is 0.0604. The van der Waals surface area contributed by atoms with Crippen LogP contribution in [0.15, 0.2) is 17.2 Å². The van der Waals surface area contributed by atoms with Gasteiger partial charge in [-0.15, -0.1) is 11.3 Å². The second-order valence-electron chi connectivity index (χ2n) is 4.47. The van der Waals surface area contributed by atoms with Crippen LogP contribution in [-0.4, -0.2) is 19.0 Å². The first-order valence-electron chi connectivity index (χ1n) is 5.81. The van der Waals surface area contributed by atoms with Crippen LogP contribution in [0.25, 0.3) is 0 Å². The second kappa shape index (κ2) is 5.02. The molecular formula is C13H18N2OS. The van der Waals surface area contributed by atoms with E-state index in [1.165, 1.54) is 20.9 Å². The number of nitrogens with one attached hydrogen (secondary N) is 2. The van der Waals surface area contributed by atoms with Crippen LogP contribution in [-0.2, 0) is 11.3 Å². The third kappa shape index (κ3) is 2.76. The molecule has 17 heavy (non-hydrogen) atoms. The summed E-state index contributed by atoms with van der Waals surface area (Å²) in [6, 6.07) is 2.15. The third-order valence-electron chi connectivity index (χ3n) is 3.19. The molecule has 0 radical (unpaired) electrons. The van der Waals surface area contributed by atoms with Gasteiger partial charge in [-0.05, 0) is 38.0 Å². The van der Waals surface area contributed by atoms with Crippen molar-refractivity contribution in [2.45, 2.75) is 27.3 Å². The summed E-state index contributed by atoms with van der Waals surface area (Å²) < 4.78 is 0. The molecule has 92 valence electrons. The van der Waals surface area contributed by atoms with Gasteiger partial charge in [0, 0.05) is 28.4 Å². The average Bonchev–Trinajstić information content (AvgIpc) is 2.52. The molecule has 1 saturated heterocycles. The Bertz CT molecular complexity index is 448. The van der Waals surface area contributed by atoms with Gasteiger partial charge in [0.05, 0.1) is 6.54 Å². The maximum atomic E-state index is 11.9. The quantitative estimate of drug-likeness (QED) is 0.805. The van der Waals surface area contributed by atoms with Gasteiger partial charge in [0.25, 0.3) is 0 Å². The van der Waals surface area contributed by atoms with Crippen molar-refractivity contribution in [1.29, 1.82) is 0 Å². The first-order valence-corrected chi connectivity index (χ1v) is 6.63. The molecule has 1 aliphatic heterocycles. The van der Waals surface area contributed by atoms with Gasteiger partial charge in [0.2, 0.25) is 5.91 Å². The third-order valence-corrected chi connectivity index (χ3v) is 4.34. The molecule has 1 amide bonds. The predicted octanol–water partition coefficient (Wildman–Crippen LogP) is 1.90. The maximum absolute atomic E-state index is 11.9. The van der Waals surface area contributed by atoms with Crippen molar-refractivity contribution in [3.8, 4) is 0 Å². The Hall–Kier alpha value is -1.13. The van der Waals surface area contributed by atoms with Gasteiger partial charge in [-0.2, -0.15) is 0 Å². The standard InChI is InChI=1S/C13H18N2OS/c1-8-4-12(17-10(8)3)7-15-13(16)9(2)11-5-14-6-11/h4,14H,5-7H2,1-3H3,(H,15,16). The predicted molar refractivity (Wildman–Crippen MR) is 71.2 cm³/mol. The smallest absolute Gasteiger partial charge is 0.247 e. The zero-order valence-corrected chi connectivity index (χ0v) is 11.3. The zero-order chi connectivity index (χ0) is 12.4. The molecule has 4 heteroatoms. The fraction of sp³-hybridized carbons (Fsp3) is 0.462. The van der Waals surface area contributed by atoms with E-state index in [1.807, 2.05) is 6.92 Å². The summed E-state index contributed by atoms with van der Waals surface area (Å²) >= 11 is 1.75. The lowest BCUT2D eigenvalue weighted by molar-refractivity contribution is -0.117. The Kier molecular flexibility index (Phi) is 3.64. The van der Waals surface area contributed by atoms with Crippen LogP contribution in [0.4, 0.5) is 0 Å². The summed E-state index contributed by atoms with van der Waals surface area (Å²) in [5, 5.41) is 6.12. The maximum Gasteiger partial charge on any atom is 0.247 e. The molecule has 3 nitrogen and oxygen atoms in total. The van der Waals surface area contributed by atoms with E-state index in [9.17, 15) is 4.79 Å². The number of amides is 1. The van der Waals surface area contributed by atoms with Crippen LogP contribution in [0.3, 0.4) is 0 Å². The fourth-order valence-electron chi connectivity index (χ4n) is 1.71. The molecule has 0 unspecified atom stereocenters. The number of aryl methyl sites for hydroxylation is 2. The molecule has 2 N–H and O–H groups in total. The van der Waals surface area contributed by atoms with Crippen LogP contribution in [0.2, 0.25) is 0 Å². The monoisotopic (exact) mass is 250 g/mol. The Morgan fingerprint density at radius 2 is 2.18 bits per heavy atom. The van der Waals surface area contributed by atoms with Crippen molar-refractivity contribution in [3.05, 3.63) is 32.5 Å². The molecule has 2 heterocycles. The lowest BCUT2D eigenvalue weighted by atomic mass is 10.0. The van der Waals surface area contributed by atoms with Gasteiger partial charge in [0.1, 0.15) is 0 Å². The van der Waals surface area contributed by atoms with Crippen LogP contribution in [0, 0.1) is 13.8 Å². The molecule has 0 saturated carbocycles. The lowest BCUT2D eigenvalue weighted by Crippen LogP contribution is -2.37. The molecule has 1 aliphatic rings. The highest BCUT2D eigenvalue weighted by Gasteiger charge is 2.15. The van der Waals surface area contributed by atoms with Crippen molar-refractivity contribution >= 4 is 17.2 Å². The molecule has 0 atom stereocenters. The summed E-state index contributed by atoms with van der Waals surface area (Å²) in [6.07, 6.45) is 0. The summed E-state index contributed by atoms with van der Waals surface area (Å²) in [5.74, 6) is 0.0604. The van der Waals surface area contributed by atoms with Gasteiger partial charge in [0.15, 0.2) is 0 Å². The Morgan fingerprint density at radius 3 is 2.65 bits per heavy atom. The summed E-state index contributed by atoms with van der Waals surface area (Å²) in [7, 11) is 0. The molecular weight excluding hydrogens is 232 g/mol. The topological polar surface area (TPSA) is 41.1 Å². The Balaban J connectivity index is 1.92. The number of hydrogen-bond donors (Lipinski definition) is 2. The highest BCUT2D eigenvalue weighted by molar-refractivity contribution is 7.12. The largest absolute Gasteiger partial charge is 0.347 e. The zero-order valence-electron chi connectivity index (χ0n) is 10.5. The molecule has 1 fully saturated rings. The van der Waals surface area contributed by atoms with Gasteiger partial charge < -0.3 is 10.6 Å². The van der Waals surface area contributed by atoms with Gasteiger partial charge in [-0.3, -0.25) is 4.79 Å². The molecule has 0 spiro atoms. The Labute approximate surface area is 106 Å². The van der Waals surface area contributed by atoms with E-state index in [0.717, 1.165) is 18.7 Å². The summed E-state index contributed by atoms with van der Waals surface area (Å²) in [4.78, 5) is 14.4. The van der Waals surface area contributed by atoms with Crippen LogP contribution in [0.1, 0.15) is 22.2 Å². The van der Waals surface area contributed by atoms with Gasteiger partial charge >= 0.3 is 0 Å². The highest BCUT2D eigenvalue weighted by atomic mass is 32.1. The summed E-state index contributed by atoms with van der Waals surface area (Å²) in [5.41, 5.74) is 3.40. The number of carbonyl (C=O) groups is 1. The van der Waals surface area contributed by atoms with E-state index < -0.39 is 0 Å². The van der Waals surface area contributed by atoms with Gasteiger partial charge in [-0.1, -0.05) is 0 Å². The van der Waals surface area contributed by atoms with E-state index in [4.69, 9.17) is 0 Å². The van der Waals surface area contributed by atoms with Gasteiger partial charge in [-0.25, -0.2) is 0 Å². The molecule has 0 aromatic carbocycles. The number of hydrogen-bond acceptors (Lipinski definition) is 3. The normalized spacial score (nSPS) is 14.4. The van der Waals surface area contributed by atoms with E-state index >= 15 is 0 Å². The Morgan fingerprint density at radius 1 is 1.47 bits per heavy atom. The highest BCUT2D eigenvalue weighted by Crippen LogP contribution is 2.20. The number of carbonyl (C=O) groups excluding carboxylic acids is 1. The van der Waals surface area contributed by atoms with Crippen molar-refractivity contribution in [3.63, 3.8) is 0 Å². The number of rotatable bonds is 3. The van der Waals surface area contributed by atoms with E-state index in [0.29, 0.717) is 6.54 Å². The minimum absolute atomic E-state index is 0.0604. The van der Waals surface area contributed by atoms with Crippen molar-refractivity contribution in [1.82, 2.24) is 10.6 Å². The average molecular weight is 250 g/mol. The lowest BCUT2D eigenvalue weighted by Gasteiger charge is -2.21. The summed E-state index contributed by atoms with van der Waals surface area (Å²) in [6.45, 7) is 8.46. The number of thiophene rings is 1. The first-order chi connectivity index (χ1) is 8.08. The van der Waals surface area contributed by atoms with Crippen LogP contribution >= 0.6 is 11.3 Å². The van der Waals surface area contributed by atoms with E-state index in [2.05, 4.69) is 30.5 Å². The molecule has 0 aliphatic carbocycles. The molecule has 0 bridgehead atoms. The molecule has 1 aromatic heterocycles. The van der Waals surface area contributed by atoms with Crippen LogP contribution < -0.4 is 10.6 Å². The first kappa shape index (κ1) is 12.3. The SMILES string of the molecule is CC(C(=O)NCc1cc(C)c(C)s1)=C1CNC1. The van der Waals surface area contributed by atoms with Crippen molar-refractivity contribution in [2.75, 3.05) is 13.1 Å².